The molecule has 1 N–H and O–H groups in total. The summed E-state index contributed by atoms with van der Waals surface area (Å²) in [6, 6.07) is 0. The fourth-order valence-corrected chi connectivity index (χ4v) is 1.72. The van der Waals surface area contributed by atoms with Crippen LogP contribution in [-0.2, 0) is 9.53 Å². The Morgan fingerprint density at radius 1 is 1.28 bits per heavy atom. The molecule has 0 aliphatic rings. The van der Waals surface area contributed by atoms with E-state index in [1.165, 1.54) is 19.3 Å². The number of nitrogens with one attached hydrogen (secondary N) is 1. The van der Waals surface area contributed by atoms with Crippen LogP contribution in [-0.4, -0.2) is 24.7 Å². The van der Waals surface area contributed by atoms with Crippen molar-refractivity contribution in [2.24, 2.45) is 5.92 Å². The lowest BCUT2D eigenvalue weighted by Gasteiger charge is -2.20. The smallest absolute Gasteiger partial charge is 0.307 e. The van der Waals surface area contributed by atoms with E-state index in [-0.39, 0.29) is 11.5 Å². The number of hydrogen-bond acceptors (Lipinski definition) is 3. The second-order valence-electron chi connectivity index (χ2n) is 6.03. The van der Waals surface area contributed by atoms with Crippen LogP contribution < -0.4 is 5.32 Å². The molecule has 0 radical (unpaired) electrons. The largest absolute Gasteiger partial charge is 0.465 e. The van der Waals surface area contributed by atoms with Crippen molar-refractivity contribution in [1.82, 2.24) is 5.32 Å². The van der Waals surface area contributed by atoms with Gasteiger partial charge in [0, 0.05) is 12.1 Å². The fraction of sp³-hybridized carbons (Fsp3) is 0.933. The number of hydrogen-bond donors (Lipinski definition) is 1. The highest BCUT2D eigenvalue weighted by Gasteiger charge is 2.12. The molecule has 0 bridgehead atoms. The van der Waals surface area contributed by atoms with Crippen LogP contribution in [0.25, 0.3) is 0 Å². The zero-order valence-electron chi connectivity index (χ0n) is 12.8. The number of carbonyl (C=O) groups is 1. The maximum Gasteiger partial charge on any atom is 0.307 e. The molecule has 0 saturated heterocycles. The topological polar surface area (TPSA) is 38.3 Å². The zero-order chi connectivity index (χ0) is 14.0. The number of carbonyl (C=O) groups excluding carboxylic acids is 1. The summed E-state index contributed by atoms with van der Waals surface area (Å²) in [5.74, 6) is 0.450. The summed E-state index contributed by atoms with van der Waals surface area (Å²) in [5.41, 5.74) is 0.0629. The Balaban J connectivity index is 3.68. The van der Waals surface area contributed by atoms with E-state index in [0.717, 1.165) is 6.42 Å². The van der Waals surface area contributed by atoms with Gasteiger partial charge in [0.1, 0.15) is 0 Å². The summed E-state index contributed by atoms with van der Waals surface area (Å²) in [6.07, 6.45) is 5.15. The first-order valence-electron chi connectivity index (χ1n) is 7.29. The monoisotopic (exact) mass is 257 g/mol. The van der Waals surface area contributed by atoms with Crippen molar-refractivity contribution < 1.29 is 9.53 Å². The second-order valence-corrected chi connectivity index (χ2v) is 6.03. The van der Waals surface area contributed by atoms with Gasteiger partial charge in [0.25, 0.3) is 0 Å². The van der Waals surface area contributed by atoms with Crippen LogP contribution in [0.1, 0.15) is 66.7 Å². The minimum Gasteiger partial charge on any atom is -0.465 e. The summed E-state index contributed by atoms with van der Waals surface area (Å²) in [6.45, 7) is 11.9. The average Bonchev–Trinajstić information content (AvgIpc) is 2.27. The molecule has 0 saturated carbocycles. The van der Waals surface area contributed by atoms with Crippen LogP contribution in [0.2, 0.25) is 0 Å². The lowest BCUT2D eigenvalue weighted by molar-refractivity contribution is -0.145. The first kappa shape index (κ1) is 17.4. The molecule has 0 aromatic carbocycles. The minimum atomic E-state index is -0.0818. The van der Waals surface area contributed by atoms with E-state index < -0.39 is 0 Å². The summed E-state index contributed by atoms with van der Waals surface area (Å²) >= 11 is 0. The normalized spacial score (nSPS) is 13.4. The standard InChI is InChI=1S/C15H31NO2/c1-6-8-9-13(7-2)12-18-14(17)10-11-16-15(3,4)5/h13,16H,6-12H2,1-5H3. The molecule has 3 nitrogen and oxygen atoms in total. The van der Waals surface area contributed by atoms with Crippen molar-refractivity contribution >= 4 is 5.97 Å². The number of esters is 1. The van der Waals surface area contributed by atoms with E-state index >= 15 is 0 Å². The van der Waals surface area contributed by atoms with Gasteiger partial charge in [-0.25, -0.2) is 0 Å². The summed E-state index contributed by atoms with van der Waals surface area (Å²) in [7, 11) is 0. The number of rotatable bonds is 9. The Kier molecular flexibility index (Phi) is 9.08. The molecule has 0 aliphatic carbocycles. The summed E-state index contributed by atoms with van der Waals surface area (Å²) in [4.78, 5) is 11.6. The maximum atomic E-state index is 11.6. The Morgan fingerprint density at radius 3 is 2.44 bits per heavy atom. The highest BCUT2D eigenvalue weighted by atomic mass is 16.5. The molecule has 1 unspecified atom stereocenters. The molecule has 0 aliphatic heterocycles. The van der Waals surface area contributed by atoms with Crippen molar-refractivity contribution in [3.05, 3.63) is 0 Å². The van der Waals surface area contributed by atoms with Gasteiger partial charge in [-0.2, -0.15) is 0 Å². The van der Waals surface area contributed by atoms with Gasteiger partial charge in [0.05, 0.1) is 13.0 Å². The molecule has 0 amide bonds. The maximum absolute atomic E-state index is 11.6. The van der Waals surface area contributed by atoms with Gasteiger partial charge in [-0.3, -0.25) is 4.79 Å². The molecule has 1 atom stereocenters. The van der Waals surface area contributed by atoms with Gasteiger partial charge in [0.15, 0.2) is 0 Å². The van der Waals surface area contributed by atoms with Gasteiger partial charge >= 0.3 is 5.97 Å². The molecular weight excluding hydrogens is 226 g/mol. The lowest BCUT2D eigenvalue weighted by Crippen LogP contribution is -2.37. The minimum absolute atomic E-state index is 0.0629. The first-order valence-corrected chi connectivity index (χ1v) is 7.29. The third kappa shape index (κ3) is 10.6. The third-order valence-electron chi connectivity index (χ3n) is 3.01. The van der Waals surface area contributed by atoms with E-state index in [9.17, 15) is 4.79 Å². The van der Waals surface area contributed by atoms with Crippen molar-refractivity contribution in [2.45, 2.75) is 72.3 Å². The molecule has 0 spiro atoms. The van der Waals surface area contributed by atoms with Gasteiger partial charge in [-0.15, -0.1) is 0 Å². The van der Waals surface area contributed by atoms with E-state index in [2.05, 4.69) is 39.9 Å². The molecule has 0 aromatic rings. The average molecular weight is 257 g/mol. The first-order chi connectivity index (χ1) is 8.39. The number of unbranched alkanes of at least 4 members (excludes halogenated alkanes) is 1. The molecule has 0 rings (SSSR count). The van der Waals surface area contributed by atoms with Crippen LogP contribution in [0.15, 0.2) is 0 Å². The van der Waals surface area contributed by atoms with E-state index in [0.29, 0.717) is 25.5 Å². The molecule has 108 valence electrons. The molecular formula is C15H31NO2. The van der Waals surface area contributed by atoms with Crippen LogP contribution in [0.3, 0.4) is 0 Å². The Morgan fingerprint density at radius 2 is 1.94 bits per heavy atom. The lowest BCUT2D eigenvalue weighted by atomic mass is 10.0. The summed E-state index contributed by atoms with van der Waals surface area (Å²) < 4.78 is 5.33. The van der Waals surface area contributed by atoms with E-state index in [1.54, 1.807) is 0 Å². The zero-order valence-corrected chi connectivity index (χ0v) is 12.8. The highest BCUT2D eigenvalue weighted by Crippen LogP contribution is 2.13. The number of ether oxygens (including phenoxy) is 1. The predicted octanol–water partition coefficient (Wildman–Crippen LogP) is 3.52. The van der Waals surface area contributed by atoms with Crippen molar-refractivity contribution in [2.75, 3.05) is 13.2 Å². The van der Waals surface area contributed by atoms with Crippen molar-refractivity contribution in [1.29, 1.82) is 0 Å². The molecule has 18 heavy (non-hydrogen) atoms. The fourth-order valence-electron chi connectivity index (χ4n) is 1.72. The molecule has 0 heterocycles. The van der Waals surface area contributed by atoms with Crippen molar-refractivity contribution in [3.8, 4) is 0 Å². The van der Waals surface area contributed by atoms with Gasteiger partial charge < -0.3 is 10.1 Å². The van der Waals surface area contributed by atoms with Crippen LogP contribution in [0.5, 0.6) is 0 Å². The molecule has 3 heteroatoms. The van der Waals surface area contributed by atoms with E-state index in [4.69, 9.17) is 4.74 Å². The Labute approximate surface area is 113 Å². The highest BCUT2D eigenvalue weighted by molar-refractivity contribution is 5.69. The second kappa shape index (κ2) is 9.37. The van der Waals surface area contributed by atoms with Crippen LogP contribution >= 0.6 is 0 Å². The Bertz CT molecular complexity index is 221. The van der Waals surface area contributed by atoms with Crippen molar-refractivity contribution in [3.63, 3.8) is 0 Å². The summed E-state index contributed by atoms with van der Waals surface area (Å²) in [5, 5.41) is 3.29. The Hall–Kier alpha value is -0.570. The third-order valence-corrected chi connectivity index (χ3v) is 3.01. The van der Waals surface area contributed by atoms with Gasteiger partial charge in [0.2, 0.25) is 0 Å². The molecule has 0 fully saturated rings. The predicted molar refractivity (Wildman–Crippen MR) is 76.6 cm³/mol. The van der Waals surface area contributed by atoms with Gasteiger partial charge in [-0.1, -0.05) is 33.1 Å². The van der Waals surface area contributed by atoms with Crippen LogP contribution in [0.4, 0.5) is 0 Å². The quantitative estimate of drug-likeness (QED) is 0.642. The van der Waals surface area contributed by atoms with E-state index in [1.807, 2.05) is 0 Å². The van der Waals surface area contributed by atoms with Crippen LogP contribution in [0, 0.1) is 5.92 Å². The van der Waals surface area contributed by atoms with Gasteiger partial charge in [-0.05, 0) is 33.1 Å². The SMILES string of the molecule is CCCCC(CC)COC(=O)CCNC(C)(C)C. The molecule has 0 aromatic heterocycles.